The third kappa shape index (κ3) is 76.7. The van der Waals surface area contributed by atoms with Gasteiger partial charge < -0.3 is 20.3 Å². The Bertz CT molecular complexity index is 1520. The van der Waals surface area contributed by atoms with Crippen LogP contribution in [0.1, 0.15) is 457 Å². The summed E-state index contributed by atoms with van der Waals surface area (Å²) in [6, 6.07) is -0.628. The molecule has 2 unspecified atom stereocenters. The van der Waals surface area contributed by atoms with Gasteiger partial charge in [-0.15, -0.1) is 0 Å². The van der Waals surface area contributed by atoms with Crippen LogP contribution in [0.5, 0.6) is 0 Å². The minimum atomic E-state index is -0.845. The monoisotopic (exact) mass is 1280 g/mol. The number of hydrogen-bond donors (Lipinski definition) is 3. The zero-order valence-electron chi connectivity index (χ0n) is 61.6. The van der Waals surface area contributed by atoms with Crippen molar-refractivity contribution in [1.82, 2.24) is 5.32 Å². The summed E-state index contributed by atoms with van der Waals surface area (Å²) < 4.78 is 5.49. The lowest BCUT2D eigenvalue weighted by Gasteiger charge is -2.20. The van der Waals surface area contributed by atoms with Gasteiger partial charge in [0.2, 0.25) is 5.91 Å². The Balaban J connectivity index is 3.39. The molecule has 0 aliphatic heterocycles. The lowest BCUT2D eigenvalue weighted by atomic mass is 10.0. The first-order chi connectivity index (χ1) is 45.0. The first-order valence-corrected chi connectivity index (χ1v) is 41.4. The maximum Gasteiger partial charge on any atom is 0.305 e. The van der Waals surface area contributed by atoms with Crippen LogP contribution in [0.25, 0.3) is 0 Å². The summed E-state index contributed by atoms with van der Waals surface area (Å²) in [5, 5.41) is 23.3. The minimum absolute atomic E-state index is 0.00973. The van der Waals surface area contributed by atoms with Gasteiger partial charge in [-0.05, 0) is 89.9 Å². The number of aliphatic hydroxyl groups excluding tert-OH is 2. The number of ether oxygens (including phenoxy) is 1. The summed E-state index contributed by atoms with van der Waals surface area (Å²) in [6.45, 7) is 4.93. The van der Waals surface area contributed by atoms with Crippen LogP contribution in [0.2, 0.25) is 0 Å². The molecule has 0 spiro atoms. The molecule has 536 valence electrons. The van der Waals surface area contributed by atoms with E-state index in [1.807, 2.05) is 6.08 Å². The number of amides is 1. The van der Waals surface area contributed by atoms with Crippen molar-refractivity contribution in [3.63, 3.8) is 0 Å². The Kier molecular flexibility index (Phi) is 78.3. The number of hydrogen-bond acceptors (Lipinski definition) is 5. The molecule has 0 aromatic rings. The number of esters is 1. The van der Waals surface area contributed by atoms with E-state index in [4.69, 9.17) is 4.74 Å². The van der Waals surface area contributed by atoms with Crippen LogP contribution in [0.3, 0.4) is 0 Å². The topological polar surface area (TPSA) is 95.9 Å². The molecule has 0 fully saturated rings. The van der Waals surface area contributed by atoms with Crippen LogP contribution in [-0.4, -0.2) is 47.4 Å². The Morgan fingerprint density at radius 3 is 0.857 bits per heavy atom. The highest BCUT2D eigenvalue weighted by Crippen LogP contribution is 2.20. The number of nitrogens with one attached hydrogen (secondary N) is 1. The molecular weight excluding hydrogens is 1110 g/mol. The van der Waals surface area contributed by atoms with Crippen LogP contribution >= 0.6 is 0 Å². The average molecular weight is 1280 g/mol. The van der Waals surface area contributed by atoms with E-state index in [2.05, 4.69) is 55.6 Å². The number of aliphatic hydroxyl groups is 2. The van der Waals surface area contributed by atoms with Crippen LogP contribution in [0, 0.1) is 0 Å². The molecule has 0 aliphatic carbocycles. The number of rotatable bonds is 78. The maximum absolute atomic E-state index is 12.6. The molecule has 1 amide bonds. The Morgan fingerprint density at radius 2 is 0.549 bits per heavy atom. The summed E-state index contributed by atoms with van der Waals surface area (Å²) in [7, 11) is 0. The third-order valence-corrected chi connectivity index (χ3v) is 19.3. The van der Waals surface area contributed by atoms with Gasteiger partial charge in [-0.25, -0.2) is 0 Å². The fourth-order valence-corrected chi connectivity index (χ4v) is 13.0. The molecule has 0 aromatic carbocycles. The minimum Gasteiger partial charge on any atom is -0.466 e. The van der Waals surface area contributed by atoms with Gasteiger partial charge in [0.05, 0.1) is 25.4 Å². The van der Waals surface area contributed by atoms with E-state index in [9.17, 15) is 19.8 Å². The van der Waals surface area contributed by atoms with E-state index < -0.39 is 12.1 Å². The molecule has 6 nitrogen and oxygen atoms in total. The van der Waals surface area contributed by atoms with Gasteiger partial charge in [0.15, 0.2) is 0 Å². The fraction of sp³-hybridized carbons (Fsp3) is 0.882. The fourth-order valence-electron chi connectivity index (χ4n) is 13.0. The van der Waals surface area contributed by atoms with E-state index in [1.165, 1.54) is 379 Å². The SMILES string of the molecule is CCCCCC/C=C\CCCCCCCC(=O)OCCCCCCCCCCCCCCC/C=C\C/C=C\CCCCCCCCCCCCCCCCCCCC(=O)NC(CO)C(O)/C=C/CCCCCCCCCCCCCCCCCCCCCCCC. The van der Waals surface area contributed by atoms with E-state index in [1.54, 1.807) is 6.08 Å². The van der Waals surface area contributed by atoms with Gasteiger partial charge in [0.25, 0.3) is 0 Å². The lowest BCUT2D eigenvalue weighted by molar-refractivity contribution is -0.143. The van der Waals surface area contributed by atoms with Gasteiger partial charge in [-0.1, -0.05) is 403 Å². The molecule has 0 bridgehead atoms. The van der Waals surface area contributed by atoms with Crippen molar-refractivity contribution in [3.8, 4) is 0 Å². The second-order valence-corrected chi connectivity index (χ2v) is 28.4. The molecule has 0 rings (SSSR count). The van der Waals surface area contributed by atoms with E-state index in [0.29, 0.717) is 19.4 Å². The van der Waals surface area contributed by atoms with Crippen molar-refractivity contribution in [2.75, 3.05) is 13.2 Å². The predicted octanol–water partition coefficient (Wildman–Crippen LogP) is 27.5. The number of carbonyl (C=O) groups is 2. The molecule has 0 aliphatic rings. The van der Waals surface area contributed by atoms with E-state index >= 15 is 0 Å². The first kappa shape index (κ1) is 88.8. The maximum atomic E-state index is 12.6. The van der Waals surface area contributed by atoms with Gasteiger partial charge in [0.1, 0.15) is 0 Å². The number of unbranched alkanes of at least 4 members (excludes halogenated alkanes) is 61. The molecule has 0 heterocycles. The molecule has 6 heteroatoms. The molecular formula is C85H161NO5. The smallest absolute Gasteiger partial charge is 0.305 e. The van der Waals surface area contributed by atoms with E-state index in [-0.39, 0.29) is 18.5 Å². The third-order valence-electron chi connectivity index (χ3n) is 19.3. The zero-order valence-corrected chi connectivity index (χ0v) is 61.6. The molecule has 0 aromatic heterocycles. The lowest BCUT2D eigenvalue weighted by Crippen LogP contribution is -2.45. The van der Waals surface area contributed by atoms with Gasteiger partial charge in [-0.3, -0.25) is 9.59 Å². The van der Waals surface area contributed by atoms with Crippen LogP contribution in [0.4, 0.5) is 0 Å². The molecule has 91 heavy (non-hydrogen) atoms. The second-order valence-electron chi connectivity index (χ2n) is 28.4. The van der Waals surface area contributed by atoms with Gasteiger partial charge in [-0.2, -0.15) is 0 Å². The molecule has 2 atom stereocenters. The quantitative estimate of drug-likeness (QED) is 0.0320. The summed E-state index contributed by atoms with van der Waals surface area (Å²) >= 11 is 0. The average Bonchev–Trinajstić information content (AvgIpc) is 3.68. The summed E-state index contributed by atoms with van der Waals surface area (Å²) in [5.41, 5.74) is 0. The van der Waals surface area contributed by atoms with Crippen molar-refractivity contribution < 1.29 is 24.5 Å². The largest absolute Gasteiger partial charge is 0.466 e. The highest BCUT2D eigenvalue weighted by atomic mass is 16.5. The highest BCUT2D eigenvalue weighted by molar-refractivity contribution is 5.76. The first-order valence-electron chi connectivity index (χ1n) is 41.4. The van der Waals surface area contributed by atoms with Gasteiger partial charge >= 0.3 is 5.97 Å². The molecule has 0 saturated heterocycles. The second kappa shape index (κ2) is 80.3. The molecule has 0 radical (unpaired) electrons. The van der Waals surface area contributed by atoms with Crippen LogP contribution in [0.15, 0.2) is 48.6 Å². The van der Waals surface area contributed by atoms with E-state index in [0.717, 1.165) is 51.4 Å². The van der Waals surface area contributed by atoms with Crippen molar-refractivity contribution in [2.24, 2.45) is 0 Å². The van der Waals surface area contributed by atoms with Crippen molar-refractivity contribution in [3.05, 3.63) is 48.6 Å². The Labute approximate surface area is 569 Å². The zero-order chi connectivity index (χ0) is 65.6. The predicted molar refractivity (Wildman–Crippen MR) is 402 cm³/mol. The Hall–Kier alpha value is -2.18. The summed E-state index contributed by atoms with van der Waals surface area (Å²) in [5.74, 6) is -0.0506. The van der Waals surface area contributed by atoms with Gasteiger partial charge in [0, 0.05) is 12.8 Å². The highest BCUT2D eigenvalue weighted by Gasteiger charge is 2.18. The number of allylic oxidation sites excluding steroid dienone is 7. The normalized spacial score (nSPS) is 12.7. The van der Waals surface area contributed by atoms with Crippen molar-refractivity contribution >= 4 is 11.9 Å². The van der Waals surface area contributed by atoms with Crippen LogP contribution < -0.4 is 5.32 Å². The Morgan fingerprint density at radius 1 is 0.308 bits per heavy atom. The summed E-state index contributed by atoms with van der Waals surface area (Å²) in [4.78, 5) is 24.6. The summed E-state index contributed by atoms with van der Waals surface area (Å²) in [6.07, 6.45) is 107. The number of carbonyl (C=O) groups excluding carboxylic acids is 2. The molecule has 0 saturated carbocycles. The van der Waals surface area contributed by atoms with Crippen molar-refractivity contribution in [2.45, 2.75) is 469 Å². The van der Waals surface area contributed by atoms with Crippen LogP contribution in [-0.2, 0) is 14.3 Å². The molecule has 3 N–H and O–H groups in total. The van der Waals surface area contributed by atoms with Crippen molar-refractivity contribution in [1.29, 1.82) is 0 Å². The standard InChI is InChI=1S/C85H161NO5/c1-3-5-7-9-11-13-15-17-18-19-20-21-22-38-41-44-47-50-54-57-61-65-69-73-77-83(88)82(81-87)86-84(89)78-74-70-66-62-58-55-51-48-45-42-39-36-34-32-30-28-26-24-23-25-27-29-31-33-35-37-40-43-46-49-52-56-60-64-68-72-76-80-91-85(90)79-75-71-67-63-59-53-16-14-12-10-8-6-4-2/h14,16,23,25,29,31,73,77,82-83,87-88H,3-13,15,17-22,24,26-28,30,32-72,74-76,78-81H2,1-2H3,(H,86,89)/b16-14-,25-23-,31-29-,77-73+.